The second-order valence-electron chi connectivity index (χ2n) is 4.56. The molecule has 1 aliphatic heterocycles. The summed E-state index contributed by atoms with van der Waals surface area (Å²) >= 11 is 0. The highest BCUT2D eigenvalue weighted by Crippen LogP contribution is 2.32. The average molecular weight is 297 g/mol. The number of aromatic nitrogens is 1. The van der Waals surface area contributed by atoms with Gasteiger partial charge in [0.2, 0.25) is 5.43 Å². The molecule has 8 heteroatoms. The molecule has 0 fully saturated rings. The lowest BCUT2D eigenvalue weighted by molar-refractivity contribution is -0.00396. The molecule has 1 aromatic heterocycles. The lowest BCUT2D eigenvalue weighted by Gasteiger charge is -2.27. The fourth-order valence-electron chi connectivity index (χ4n) is 2.39. The van der Waals surface area contributed by atoms with E-state index in [0.717, 1.165) is 12.3 Å². The summed E-state index contributed by atoms with van der Waals surface area (Å²) in [6.07, 6.45) is -1.14. The van der Waals surface area contributed by atoms with Crippen molar-refractivity contribution in [1.82, 2.24) is 4.57 Å². The van der Waals surface area contributed by atoms with Gasteiger partial charge in [-0.15, -0.1) is 0 Å². The van der Waals surface area contributed by atoms with Gasteiger partial charge in [0.05, 0.1) is 23.7 Å². The van der Waals surface area contributed by atoms with Gasteiger partial charge in [-0.05, 0) is 13.0 Å². The second-order valence-corrected chi connectivity index (χ2v) is 4.56. The monoisotopic (exact) mass is 297 g/mol. The summed E-state index contributed by atoms with van der Waals surface area (Å²) in [6, 6.07) is 0.736. The molecular formula is C13H9F2NO5. The lowest BCUT2D eigenvalue weighted by atomic mass is 10.1. The summed E-state index contributed by atoms with van der Waals surface area (Å²) in [6.45, 7) is 1.44. The van der Waals surface area contributed by atoms with Crippen LogP contribution in [-0.2, 0) is 11.3 Å². The van der Waals surface area contributed by atoms with Crippen molar-refractivity contribution in [3.63, 3.8) is 0 Å². The summed E-state index contributed by atoms with van der Waals surface area (Å²) in [5.74, 6) is -2.79. The van der Waals surface area contributed by atoms with E-state index in [1.165, 1.54) is 4.57 Å². The fourth-order valence-corrected chi connectivity index (χ4v) is 2.39. The third-order valence-electron chi connectivity index (χ3n) is 3.33. The van der Waals surface area contributed by atoms with Gasteiger partial charge in [0.1, 0.15) is 6.23 Å². The molecule has 1 aliphatic rings. The van der Waals surface area contributed by atoms with E-state index in [2.05, 4.69) is 4.74 Å². The Morgan fingerprint density at radius 3 is 2.90 bits per heavy atom. The van der Waals surface area contributed by atoms with Crippen molar-refractivity contribution >= 4 is 17.1 Å². The molecule has 0 saturated carbocycles. The van der Waals surface area contributed by atoms with Gasteiger partial charge in [-0.25, -0.2) is 13.6 Å². The predicted molar refractivity (Wildman–Crippen MR) is 66.3 cm³/mol. The maximum atomic E-state index is 13.8. The van der Waals surface area contributed by atoms with Crippen LogP contribution in [0.2, 0.25) is 0 Å². The number of carbonyl (C=O) groups is 1. The molecule has 2 heterocycles. The Kier molecular flexibility index (Phi) is 2.91. The van der Waals surface area contributed by atoms with E-state index < -0.39 is 35.2 Å². The quantitative estimate of drug-likeness (QED) is 0.818. The third-order valence-corrected chi connectivity index (χ3v) is 3.33. The first-order chi connectivity index (χ1) is 9.90. The van der Waals surface area contributed by atoms with Crippen LogP contribution in [0.5, 0.6) is 5.75 Å². The minimum Gasteiger partial charge on any atom is -0.449 e. The van der Waals surface area contributed by atoms with E-state index >= 15 is 0 Å². The van der Waals surface area contributed by atoms with Gasteiger partial charge in [0.25, 0.3) is 0 Å². The molecule has 110 valence electrons. The van der Waals surface area contributed by atoms with Crippen LogP contribution in [0.4, 0.5) is 13.6 Å². The van der Waals surface area contributed by atoms with Gasteiger partial charge in [-0.2, -0.15) is 0 Å². The zero-order chi connectivity index (χ0) is 15.3. The summed E-state index contributed by atoms with van der Waals surface area (Å²) in [5, 5.41) is 8.47. The van der Waals surface area contributed by atoms with Crippen LogP contribution in [0.3, 0.4) is 0 Å². The van der Waals surface area contributed by atoms with E-state index in [1.807, 2.05) is 0 Å². The lowest BCUT2D eigenvalue weighted by Crippen LogP contribution is -2.24. The molecule has 6 nitrogen and oxygen atoms in total. The van der Waals surface area contributed by atoms with E-state index in [4.69, 9.17) is 9.84 Å². The topological polar surface area (TPSA) is 77.8 Å². The highest BCUT2D eigenvalue weighted by Gasteiger charge is 2.26. The van der Waals surface area contributed by atoms with E-state index in [-0.39, 0.29) is 23.1 Å². The van der Waals surface area contributed by atoms with Crippen LogP contribution in [0.1, 0.15) is 18.7 Å². The molecule has 1 aromatic carbocycles. The van der Waals surface area contributed by atoms with Gasteiger partial charge in [0, 0.05) is 5.56 Å². The van der Waals surface area contributed by atoms with Crippen molar-refractivity contribution in [1.29, 1.82) is 0 Å². The maximum Gasteiger partial charge on any atom is 0.511 e. The average Bonchev–Trinajstić information content (AvgIpc) is 2.42. The summed E-state index contributed by atoms with van der Waals surface area (Å²) < 4.78 is 38.4. The number of hydrogen-bond donors (Lipinski definition) is 1. The van der Waals surface area contributed by atoms with Gasteiger partial charge >= 0.3 is 6.16 Å². The normalized spacial score (nSPS) is 17.0. The minimum atomic E-state index is -1.67. The Balaban J connectivity index is 2.44. The Labute approximate surface area is 116 Å². The van der Waals surface area contributed by atoms with E-state index in [9.17, 15) is 18.4 Å². The van der Waals surface area contributed by atoms with Gasteiger partial charge < -0.3 is 19.1 Å². The van der Waals surface area contributed by atoms with Crippen LogP contribution in [-0.4, -0.2) is 15.8 Å². The number of nitrogens with zero attached hydrogens (tertiary/aromatic N) is 1. The summed E-state index contributed by atoms with van der Waals surface area (Å²) in [4.78, 5) is 22.8. The molecule has 1 N–H and O–H groups in total. The molecule has 0 amide bonds. The predicted octanol–water partition coefficient (Wildman–Crippen LogP) is 2.39. The number of carboxylic acid groups (broad SMARTS) is 1. The zero-order valence-electron chi connectivity index (χ0n) is 10.7. The van der Waals surface area contributed by atoms with Crippen LogP contribution in [0, 0.1) is 11.6 Å². The van der Waals surface area contributed by atoms with Crippen molar-refractivity contribution < 1.29 is 28.2 Å². The highest BCUT2D eigenvalue weighted by atomic mass is 19.2. The largest absolute Gasteiger partial charge is 0.511 e. The molecule has 1 unspecified atom stereocenters. The molecule has 0 saturated heterocycles. The molecular weight excluding hydrogens is 288 g/mol. The smallest absolute Gasteiger partial charge is 0.449 e. The molecule has 21 heavy (non-hydrogen) atoms. The van der Waals surface area contributed by atoms with Crippen molar-refractivity contribution in [2.45, 2.75) is 19.8 Å². The van der Waals surface area contributed by atoms with Gasteiger partial charge in [-0.3, -0.25) is 4.79 Å². The molecule has 0 aliphatic carbocycles. The molecule has 0 bridgehead atoms. The fraction of sp³-hybridized carbons (Fsp3) is 0.231. The van der Waals surface area contributed by atoms with Crippen molar-refractivity contribution in [2.75, 3.05) is 0 Å². The number of rotatable bonds is 1. The second kappa shape index (κ2) is 4.52. The summed E-state index contributed by atoms with van der Waals surface area (Å²) in [5.41, 5.74) is -0.727. The van der Waals surface area contributed by atoms with Crippen molar-refractivity contribution in [3.05, 3.63) is 39.7 Å². The molecule has 3 rings (SSSR count). The molecule has 2 aromatic rings. The zero-order valence-corrected chi connectivity index (χ0v) is 10.7. The molecule has 0 radical (unpaired) electrons. The Bertz CT molecular complexity index is 830. The standard InChI is InChI=1S/C13H9F2NO5/c1-5-16-3-9(21-13(18)19)12(17)6-2-8(14)10(15)7(4-20-5)11(6)16/h2-3,5H,4H2,1H3,(H,18,19). The number of halogens is 2. The number of pyridine rings is 1. The third kappa shape index (κ3) is 1.95. The highest BCUT2D eigenvalue weighted by molar-refractivity contribution is 5.84. The van der Waals surface area contributed by atoms with Crippen LogP contribution in [0.15, 0.2) is 17.1 Å². The van der Waals surface area contributed by atoms with E-state index in [1.54, 1.807) is 6.92 Å². The van der Waals surface area contributed by atoms with Crippen molar-refractivity contribution in [3.8, 4) is 5.75 Å². The van der Waals surface area contributed by atoms with Crippen LogP contribution >= 0.6 is 0 Å². The first-order valence-corrected chi connectivity index (χ1v) is 5.98. The Hall–Kier alpha value is -2.48. The number of ether oxygens (including phenoxy) is 2. The first-order valence-electron chi connectivity index (χ1n) is 5.98. The number of benzene rings is 1. The van der Waals surface area contributed by atoms with E-state index in [0.29, 0.717) is 0 Å². The summed E-state index contributed by atoms with van der Waals surface area (Å²) in [7, 11) is 0. The Morgan fingerprint density at radius 2 is 2.24 bits per heavy atom. The molecule has 0 spiro atoms. The molecule has 1 atom stereocenters. The minimum absolute atomic E-state index is 0.0814. The van der Waals surface area contributed by atoms with Crippen molar-refractivity contribution in [2.24, 2.45) is 0 Å². The Morgan fingerprint density at radius 1 is 1.52 bits per heavy atom. The van der Waals surface area contributed by atoms with Gasteiger partial charge in [0.15, 0.2) is 17.4 Å². The van der Waals surface area contributed by atoms with Gasteiger partial charge in [-0.1, -0.05) is 0 Å². The first kappa shape index (κ1) is 13.5. The SMILES string of the molecule is CC1OCc2c(F)c(F)cc3c(=O)c(OC(=O)O)cn1c23. The maximum absolute atomic E-state index is 13.8. The van der Waals surface area contributed by atoms with Crippen LogP contribution in [0.25, 0.3) is 10.9 Å². The van der Waals surface area contributed by atoms with Crippen LogP contribution < -0.4 is 10.2 Å². The number of hydrogen-bond acceptors (Lipinski definition) is 4.